The Bertz CT molecular complexity index is 262. The first kappa shape index (κ1) is 12.9. The first-order valence-electron chi connectivity index (χ1n) is 5.14. The zero-order valence-electron chi connectivity index (χ0n) is 8.95. The minimum absolute atomic E-state index is 0.269. The normalized spacial score (nSPS) is 19.3. The van der Waals surface area contributed by atoms with E-state index in [4.69, 9.17) is 4.74 Å². The van der Waals surface area contributed by atoms with Crippen molar-refractivity contribution in [3.63, 3.8) is 0 Å². The topological polar surface area (TPSA) is 79.5 Å². The molecule has 0 atom stereocenters. The van der Waals surface area contributed by atoms with Gasteiger partial charge in [0.2, 0.25) is 0 Å². The van der Waals surface area contributed by atoms with Gasteiger partial charge in [-0.05, 0) is 25.9 Å². The second-order valence-electron chi connectivity index (χ2n) is 3.42. The number of piperidine rings is 1. The van der Waals surface area contributed by atoms with Crippen LogP contribution in [0.15, 0.2) is 0 Å². The van der Waals surface area contributed by atoms with E-state index in [1.165, 1.54) is 7.05 Å². The van der Waals surface area contributed by atoms with Crippen LogP contribution >= 0.6 is 0 Å². The molecule has 1 heterocycles. The van der Waals surface area contributed by atoms with Crippen LogP contribution in [0.3, 0.4) is 0 Å². The van der Waals surface area contributed by atoms with Gasteiger partial charge >= 0.3 is 0 Å². The molecular formula is C8H19N3O3S. The summed E-state index contributed by atoms with van der Waals surface area (Å²) in [5, 5.41) is 3.24. The van der Waals surface area contributed by atoms with Crippen LogP contribution in [0.5, 0.6) is 0 Å². The fourth-order valence-electron chi connectivity index (χ4n) is 1.44. The van der Waals surface area contributed by atoms with Crippen molar-refractivity contribution in [3.8, 4) is 0 Å². The Kier molecular flexibility index (Phi) is 5.48. The summed E-state index contributed by atoms with van der Waals surface area (Å²) in [4.78, 5) is 0. The van der Waals surface area contributed by atoms with Crippen LogP contribution in [-0.4, -0.2) is 47.8 Å². The van der Waals surface area contributed by atoms with Crippen molar-refractivity contribution < 1.29 is 13.2 Å². The van der Waals surface area contributed by atoms with Crippen LogP contribution in [0.25, 0.3) is 0 Å². The van der Waals surface area contributed by atoms with Crippen molar-refractivity contribution in [2.75, 3.05) is 33.3 Å². The predicted molar refractivity (Wildman–Crippen MR) is 57.8 cm³/mol. The molecule has 0 spiro atoms. The highest BCUT2D eigenvalue weighted by Gasteiger charge is 2.13. The molecular weight excluding hydrogens is 218 g/mol. The average Bonchev–Trinajstić information content (AvgIpc) is 2.26. The number of hydrogen-bond donors (Lipinski definition) is 3. The van der Waals surface area contributed by atoms with Gasteiger partial charge < -0.3 is 10.1 Å². The van der Waals surface area contributed by atoms with Gasteiger partial charge in [0, 0.05) is 13.6 Å². The summed E-state index contributed by atoms with van der Waals surface area (Å²) < 4.78 is 32.0. The van der Waals surface area contributed by atoms with E-state index in [-0.39, 0.29) is 6.10 Å². The number of hydrogen-bond acceptors (Lipinski definition) is 4. The minimum Gasteiger partial charge on any atom is -0.377 e. The highest BCUT2D eigenvalue weighted by atomic mass is 32.2. The third-order valence-electron chi connectivity index (χ3n) is 2.30. The monoisotopic (exact) mass is 237 g/mol. The van der Waals surface area contributed by atoms with Crippen LogP contribution in [0.4, 0.5) is 0 Å². The summed E-state index contributed by atoms with van der Waals surface area (Å²) in [6.45, 7) is 2.69. The van der Waals surface area contributed by atoms with Gasteiger partial charge in [-0.3, -0.25) is 0 Å². The fourth-order valence-corrected chi connectivity index (χ4v) is 1.93. The predicted octanol–water partition coefficient (Wildman–Crippen LogP) is -1.19. The standard InChI is InChI=1S/C8H19N3O3S/c1-9-15(12,13)11-6-7-14-8-2-4-10-5-3-8/h8-11H,2-7H2,1H3. The molecule has 7 heteroatoms. The summed E-state index contributed by atoms with van der Waals surface area (Å²) >= 11 is 0. The highest BCUT2D eigenvalue weighted by molar-refractivity contribution is 7.87. The average molecular weight is 237 g/mol. The lowest BCUT2D eigenvalue weighted by Gasteiger charge is -2.22. The molecule has 1 aliphatic rings. The second kappa shape index (κ2) is 6.39. The zero-order valence-corrected chi connectivity index (χ0v) is 9.77. The van der Waals surface area contributed by atoms with Crippen molar-refractivity contribution in [1.29, 1.82) is 0 Å². The Hall–Kier alpha value is -0.210. The lowest BCUT2D eigenvalue weighted by Crippen LogP contribution is -2.38. The Morgan fingerprint density at radius 3 is 2.67 bits per heavy atom. The van der Waals surface area contributed by atoms with Crippen molar-refractivity contribution in [2.45, 2.75) is 18.9 Å². The Balaban J connectivity index is 2.06. The maximum atomic E-state index is 11.0. The van der Waals surface area contributed by atoms with Gasteiger partial charge in [-0.15, -0.1) is 0 Å². The lowest BCUT2D eigenvalue weighted by atomic mass is 10.1. The van der Waals surface area contributed by atoms with Crippen LogP contribution in [0.2, 0.25) is 0 Å². The molecule has 0 aromatic rings. The molecule has 0 saturated carbocycles. The van der Waals surface area contributed by atoms with E-state index in [1.54, 1.807) is 0 Å². The molecule has 0 unspecified atom stereocenters. The zero-order chi connectivity index (χ0) is 11.1. The molecule has 0 bridgehead atoms. The van der Waals surface area contributed by atoms with Gasteiger partial charge in [0.15, 0.2) is 0 Å². The molecule has 90 valence electrons. The Labute approximate surface area is 90.9 Å². The summed E-state index contributed by atoms with van der Waals surface area (Å²) in [6, 6.07) is 0. The van der Waals surface area contributed by atoms with Crippen LogP contribution in [0, 0.1) is 0 Å². The molecule has 1 fully saturated rings. The molecule has 0 aromatic carbocycles. The third-order valence-corrected chi connectivity index (χ3v) is 3.42. The maximum Gasteiger partial charge on any atom is 0.276 e. The molecule has 3 N–H and O–H groups in total. The van der Waals surface area contributed by atoms with Crippen LogP contribution in [-0.2, 0) is 14.9 Å². The second-order valence-corrected chi connectivity index (χ2v) is 5.13. The van der Waals surface area contributed by atoms with Crippen LogP contribution in [0.1, 0.15) is 12.8 Å². The van der Waals surface area contributed by atoms with Gasteiger partial charge in [-0.25, -0.2) is 9.44 Å². The van der Waals surface area contributed by atoms with Gasteiger partial charge in [0.1, 0.15) is 0 Å². The van der Waals surface area contributed by atoms with Crippen molar-refractivity contribution in [3.05, 3.63) is 0 Å². The van der Waals surface area contributed by atoms with Gasteiger partial charge in [0.25, 0.3) is 10.2 Å². The largest absolute Gasteiger partial charge is 0.377 e. The van der Waals surface area contributed by atoms with E-state index >= 15 is 0 Å². The van der Waals surface area contributed by atoms with E-state index < -0.39 is 10.2 Å². The van der Waals surface area contributed by atoms with Gasteiger partial charge in [-0.1, -0.05) is 0 Å². The molecule has 0 aromatic heterocycles. The molecule has 0 aliphatic carbocycles. The van der Waals surface area contributed by atoms with Crippen molar-refractivity contribution in [2.24, 2.45) is 0 Å². The Morgan fingerprint density at radius 2 is 2.07 bits per heavy atom. The van der Waals surface area contributed by atoms with Crippen LogP contribution < -0.4 is 14.8 Å². The number of ether oxygens (including phenoxy) is 1. The van der Waals surface area contributed by atoms with E-state index in [1.807, 2.05) is 0 Å². The molecule has 0 radical (unpaired) electrons. The third kappa shape index (κ3) is 5.43. The summed E-state index contributed by atoms with van der Waals surface area (Å²) in [7, 11) is -1.94. The van der Waals surface area contributed by atoms with Crippen molar-refractivity contribution >= 4 is 10.2 Å². The molecule has 6 nitrogen and oxygen atoms in total. The smallest absolute Gasteiger partial charge is 0.276 e. The van der Waals surface area contributed by atoms with E-state index in [2.05, 4.69) is 14.8 Å². The van der Waals surface area contributed by atoms with Gasteiger partial charge in [0.05, 0.1) is 12.7 Å². The summed E-state index contributed by atoms with van der Waals surface area (Å²) in [5.41, 5.74) is 0. The number of rotatable bonds is 6. The molecule has 0 amide bonds. The van der Waals surface area contributed by atoms with E-state index in [0.29, 0.717) is 13.2 Å². The Morgan fingerprint density at radius 1 is 1.40 bits per heavy atom. The SMILES string of the molecule is CNS(=O)(=O)NCCOC1CCNCC1. The summed E-state index contributed by atoms with van der Waals surface area (Å²) in [6.07, 6.45) is 2.27. The first-order chi connectivity index (χ1) is 7.14. The highest BCUT2D eigenvalue weighted by Crippen LogP contribution is 2.06. The summed E-state index contributed by atoms with van der Waals surface area (Å²) in [5.74, 6) is 0. The molecule has 1 aliphatic heterocycles. The van der Waals surface area contributed by atoms with E-state index in [9.17, 15) is 8.42 Å². The number of nitrogens with one attached hydrogen (secondary N) is 3. The molecule has 15 heavy (non-hydrogen) atoms. The van der Waals surface area contributed by atoms with E-state index in [0.717, 1.165) is 25.9 Å². The molecule has 1 saturated heterocycles. The first-order valence-corrected chi connectivity index (χ1v) is 6.63. The fraction of sp³-hybridized carbons (Fsp3) is 1.00. The lowest BCUT2D eigenvalue weighted by molar-refractivity contribution is 0.0366. The van der Waals surface area contributed by atoms with Gasteiger partial charge in [-0.2, -0.15) is 8.42 Å². The molecule has 1 rings (SSSR count). The maximum absolute atomic E-state index is 11.0. The van der Waals surface area contributed by atoms with Crippen molar-refractivity contribution in [1.82, 2.24) is 14.8 Å². The quantitative estimate of drug-likeness (QED) is 0.508. The minimum atomic E-state index is -3.31.